The molecule has 0 spiro atoms. The van der Waals surface area contributed by atoms with Crippen molar-refractivity contribution in [2.24, 2.45) is 0 Å². The van der Waals surface area contributed by atoms with Gasteiger partial charge in [0.25, 0.3) is 11.8 Å². The summed E-state index contributed by atoms with van der Waals surface area (Å²) in [6.07, 6.45) is 4.67. The fraction of sp³-hybridized carbons (Fsp3) is 0.345. The van der Waals surface area contributed by atoms with Crippen molar-refractivity contribution in [1.82, 2.24) is 34.4 Å². The van der Waals surface area contributed by atoms with Gasteiger partial charge in [0.1, 0.15) is 30.0 Å². The topological polar surface area (TPSA) is 112 Å². The molecule has 1 fully saturated rings. The highest BCUT2D eigenvalue weighted by atomic mass is 19.3. The summed E-state index contributed by atoms with van der Waals surface area (Å²) < 4.78 is 49.8. The molecule has 13 heteroatoms. The van der Waals surface area contributed by atoms with E-state index in [0.29, 0.717) is 46.1 Å². The third kappa shape index (κ3) is 5.59. The van der Waals surface area contributed by atoms with Crippen molar-refractivity contribution in [1.29, 1.82) is 0 Å². The maximum Gasteiger partial charge on any atom is 0.296 e. The van der Waals surface area contributed by atoms with E-state index in [1.165, 1.54) is 18.9 Å². The number of aromatic nitrogens is 6. The van der Waals surface area contributed by atoms with Crippen LogP contribution in [0.5, 0.6) is 23.1 Å². The molecular formula is C29H30F2N8O3. The largest absolute Gasteiger partial charge is 0.478 e. The molecule has 5 heterocycles. The third-order valence-electron chi connectivity index (χ3n) is 6.85. The van der Waals surface area contributed by atoms with Crippen LogP contribution in [0.3, 0.4) is 0 Å². The van der Waals surface area contributed by atoms with E-state index >= 15 is 8.78 Å². The molecule has 1 atom stereocenters. The summed E-state index contributed by atoms with van der Waals surface area (Å²) in [5.41, 5.74) is 2.65. The van der Waals surface area contributed by atoms with Crippen LogP contribution in [0.15, 0.2) is 55.4 Å². The number of likely N-dealkylation sites (tertiary alicyclic amines) is 1. The van der Waals surface area contributed by atoms with E-state index in [1.54, 1.807) is 34.8 Å². The Morgan fingerprint density at radius 3 is 2.71 bits per heavy atom. The second kappa shape index (κ2) is 11.0. The molecule has 1 saturated heterocycles. The molecule has 1 aromatic carbocycles. The van der Waals surface area contributed by atoms with Gasteiger partial charge in [-0.3, -0.25) is 0 Å². The Hall–Kier alpha value is -4.65. The Morgan fingerprint density at radius 1 is 1.07 bits per heavy atom. The van der Waals surface area contributed by atoms with Crippen molar-refractivity contribution >= 4 is 28.1 Å². The molecule has 0 radical (unpaired) electrons. The van der Waals surface area contributed by atoms with Crippen LogP contribution in [0, 0.1) is 6.92 Å². The molecule has 0 aliphatic carbocycles. The van der Waals surface area contributed by atoms with Crippen LogP contribution in [-0.4, -0.2) is 72.7 Å². The second-order valence-electron chi connectivity index (χ2n) is 10.6. The molecule has 1 N–H and O–H groups in total. The number of piperidine rings is 1. The van der Waals surface area contributed by atoms with Gasteiger partial charge in [-0.15, -0.1) is 0 Å². The molecule has 0 unspecified atom stereocenters. The van der Waals surface area contributed by atoms with Crippen molar-refractivity contribution in [3.05, 3.63) is 60.9 Å². The van der Waals surface area contributed by atoms with Crippen molar-refractivity contribution in [3.8, 4) is 23.1 Å². The molecule has 11 nitrogen and oxygen atoms in total. The molecule has 6 rings (SSSR count). The predicted octanol–water partition coefficient (Wildman–Crippen LogP) is 5.42. The molecule has 1 aliphatic rings. The minimum atomic E-state index is -3.07. The fourth-order valence-electron chi connectivity index (χ4n) is 4.86. The SMILES string of the molecule is Cc1cc(Nc2ncnc3cnc(OC(C)C)c(O[C@H]4CCN(C)CC4(F)F)c23)ccc1Oc1ccn2ncnc2c1. The van der Waals surface area contributed by atoms with Crippen molar-refractivity contribution < 1.29 is 23.0 Å². The van der Waals surface area contributed by atoms with Gasteiger partial charge in [-0.1, -0.05) is 0 Å². The van der Waals surface area contributed by atoms with E-state index in [0.717, 1.165) is 5.56 Å². The van der Waals surface area contributed by atoms with Gasteiger partial charge in [-0.2, -0.15) is 5.10 Å². The summed E-state index contributed by atoms with van der Waals surface area (Å²) in [5, 5.41) is 7.80. The molecule has 0 amide bonds. The number of rotatable bonds is 8. The highest BCUT2D eigenvalue weighted by molar-refractivity contribution is 5.96. The van der Waals surface area contributed by atoms with Gasteiger partial charge in [-0.05, 0) is 57.6 Å². The number of anilines is 2. The summed E-state index contributed by atoms with van der Waals surface area (Å²) in [5.74, 6) is -1.23. The number of halogens is 2. The van der Waals surface area contributed by atoms with Gasteiger partial charge in [-0.25, -0.2) is 33.2 Å². The van der Waals surface area contributed by atoms with Crippen LogP contribution in [0.1, 0.15) is 25.8 Å². The van der Waals surface area contributed by atoms with E-state index in [-0.39, 0.29) is 24.2 Å². The Labute approximate surface area is 240 Å². The van der Waals surface area contributed by atoms with Crippen molar-refractivity contribution in [2.45, 2.75) is 45.3 Å². The lowest BCUT2D eigenvalue weighted by molar-refractivity contribution is -0.135. The molecule has 0 bridgehead atoms. The molecule has 5 aromatic rings. The predicted molar refractivity (Wildman–Crippen MR) is 152 cm³/mol. The average Bonchev–Trinajstić information content (AvgIpc) is 3.40. The van der Waals surface area contributed by atoms with Crippen molar-refractivity contribution in [2.75, 3.05) is 25.5 Å². The van der Waals surface area contributed by atoms with Crippen molar-refractivity contribution in [3.63, 3.8) is 0 Å². The Bertz CT molecular complexity index is 1750. The monoisotopic (exact) mass is 576 g/mol. The number of hydrogen-bond donors (Lipinski definition) is 1. The first-order chi connectivity index (χ1) is 20.2. The zero-order chi connectivity index (χ0) is 29.4. The number of aryl methyl sites for hydroxylation is 1. The first-order valence-electron chi connectivity index (χ1n) is 13.5. The average molecular weight is 577 g/mol. The molecule has 1 aliphatic heterocycles. The number of nitrogens with zero attached hydrogens (tertiary/aromatic N) is 7. The zero-order valence-corrected chi connectivity index (χ0v) is 23.6. The molecular weight excluding hydrogens is 546 g/mol. The van der Waals surface area contributed by atoms with Crippen LogP contribution in [0.4, 0.5) is 20.3 Å². The van der Waals surface area contributed by atoms with E-state index < -0.39 is 18.6 Å². The number of benzene rings is 1. The minimum Gasteiger partial charge on any atom is -0.478 e. The summed E-state index contributed by atoms with van der Waals surface area (Å²) in [7, 11) is 1.67. The maximum atomic E-state index is 15.1. The summed E-state index contributed by atoms with van der Waals surface area (Å²) >= 11 is 0. The molecule has 42 heavy (non-hydrogen) atoms. The first kappa shape index (κ1) is 27.5. The van der Waals surface area contributed by atoms with E-state index in [4.69, 9.17) is 14.2 Å². The van der Waals surface area contributed by atoms with Crippen LogP contribution < -0.4 is 19.5 Å². The Morgan fingerprint density at radius 2 is 1.93 bits per heavy atom. The van der Waals surface area contributed by atoms with Gasteiger partial charge >= 0.3 is 0 Å². The number of ether oxygens (including phenoxy) is 3. The summed E-state index contributed by atoms with van der Waals surface area (Å²) in [4.78, 5) is 18.9. The lowest BCUT2D eigenvalue weighted by atomic mass is 10.0. The second-order valence-corrected chi connectivity index (χ2v) is 10.6. The highest BCUT2D eigenvalue weighted by Crippen LogP contribution is 2.41. The number of pyridine rings is 2. The van der Waals surface area contributed by atoms with E-state index in [9.17, 15) is 0 Å². The van der Waals surface area contributed by atoms with Gasteiger partial charge in [0.05, 0.1) is 29.7 Å². The Kier molecular flexibility index (Phi) is 7.19. The fourth-order valence-corrected chi connectivity index (χ4v) is 4.86. The summed E-state index contributed by atoms with van der Waals surface area (Å²) in [6.45, 7) is 5.65. The lowest BCUT2D eigenvalue weighted by Crippen LogP contribution is -2.52. The number of nitrogens with one attached hydrogen (secondary N) is 1. The summed E-state index contributed by atoms with van der Waals surface area (Å²) in [6, 6.07) is 9.17. The maximum absolute atomic E-state index is 15.1. The standard InChI is InChI=1S/C29H30F2N8O3/c1-17(2)40-28-26(42-23-8-9-38(4)14-29(23,30)31)25-21(13-32-28)33-15-35-27(25)37-19-5-6-22(18(3)11-19)41-20-7-10-39-24(12-20)34-16-36-39/h5-7,10-13,15-17,23H,8-9,14H2,1-4H3,(H,33,35,37)/t23-/m0/s1. The van der Waals surface area contributed by atoms with E-state index in [1.807, 2.05) is 39.0 Å². The molecule has 218 valence electrons. The number of hydrogen-bond acceptors (Lipinski definition) is 10. The normalized spacial score (nSPS) is 17.1. The Balaban J connectivity index is 1.33. The van der Waals surface area contributed by atoms with Gasteiger partial charge < -0.3 is 24.4 Å². The third-order valence-corrected chi connectivity index (χ3v) is 6.85. The first-order valence-corrected chi connectivity index (χ1v) is 13.5. The molecule has 4 aromatic heterocycles. The smallest absolute Gasteiger partial charge is 0.296 e. The van der Waals surface area contributed by atoms with Gasteiger partial charge in [0, 0.05) is 30.9 Å². The van der Waals surface area contributed by atoms with Gasteiger partial charge in [0.15, 0.2) is 17.5 Å². The van der Waals surface area contributed by atoms with Crippen LogP contribution in [-0.2, 0) is 0 Å². The van der Waals surface area contributed by atoms with Crippen LogP contribution >= 0.6 is 0 Å². The highest BCUT2D eigenvalue weighted by Gasteiger charge is 2.46. The van der Waals surface area contributed by atoms with E-state index in [2.05, 4.69) is 30.4 Å². The number of fused-ring (bicyclic) bond motifs is 2. The molecule has 0 saturated carbocycles. The van der Waals surface area contributed by atoms with Gasteiger partial charge in [0.2, 0.25) is 0 Å². The quantitative estimate of drug-likeness (QED) is 0.257. The minimum absolute atomic E-state index is 0.0825. The van der Waals surface area contributed by atoms with Crippen LogP contribution in [0.2, 0.25) is 0 Å². The van der Waals surface area contributed by atoms with Crippen LogP contribution in [0.25, 0.3) is 16.6 Å². The lowest BCUT2D eigenvalue weighted by Gasteiger charge is -2.36. The number of alkyl halides is 2. The zero-order valence-electron chi connectivity index (χ0n) is 23.6.